The van der Waals surface area contributed by atoms with E-state index >= 15 is 0 Å². The van der Waals surface area contributed by atoms with Gasteiger partial charge in [-0.15, -0.1) is 11.3 Å². The van der Waals surface area contributed by atoms with E-state index in [1.165, 1.54) is 22.2 Å². The normalized spacial score (nSPS) is 11.6. The van der Waals surface area contributed by atoms with Crippen LogP contribution in [0, 0.1) is 11.8 Å². The van der Waals surface area contributed by atoms with Crippen LogP contribution in [-0.4, -0.2) is 33.4 Å². The van der Waals surface area contributed by atoms with E-state index in [1.54, 1.807) is 6.07 Å². The van der Waals surface area contributed by atoms with Crippen LogP contribution in [0.2, 0.25) is 0 Å². The lowest BCUT2D eigenvalue weighted by Gasteiger charge is -2.25. The molecule has 0 radical (unpaired) electrons. The van der Waals surface area contributed by atoms with Gasteiger partial charge < -0.3 is 4.90 Å². The Balaban J connectivity index is 2.11. The van der Waals surface area contributed by atoms with Crippen molar-refractivity contribution in [3.63, 3.8) is 0 Å². The van der Waals surface area contributed by atoms with Crippen molar-refractivity contribution in [3.8, 4) is 0 Å². The van der Waals surface area contributed by atoms with Crippen LogP contribution in [0.5, 0.6) is 0 Å². The average molecular weight is 350 g/mol. The Labute approximate surface area is 147 Å². The number of nitrogens with zero attached hydrogens (tertiary/aromatic N) is 3. The highest BCUT2D eigenvalue weighted by molar-refractivity contribution is 7.16. The zero-order valence-corrected chi connectivity index (χ0v) is 15.8. The van der Waals surface area contributed by atoms with Crippen molar-refractivity contribution >= 4 is 27.5 Å². The standard InChI is InChI=1S/C18H27N3O2S/c1-13(2)5-8-20(9-6-14(3)4)16(22)11-21-12-19-17-15(18(21)23)7-10-24-17/h7,10,12-14H,5-6,8-9,11H2,1-4H3. The number of amides is 1. The third-order valence-electron chi connectivity index (χ3n) is 4.06. The highest BCUT2D eigenvalue weighted by Crippen LogP contribution is 2.13. The molecule has 0 aliphatic heterocycles. The van der Waals surface area contributed by atoms with Gasteiger partial charge in [0.05, 0.1) is 11.7 Å². The van der Waals surface area contributed by atoms with Gasteiger partial charge in [0.25, 0.3) is 5.56 Å². The summed E-state index contributed by atoms with van der Waals surface area (Å²) in [5.74, 6) is 1.09. The second-order valence-corrected chi connectivity index (χ2v) is 7.96. The van der Waals surface area contributed by atoms with Gasteiger partial charge >= 0.3 is 0 Å². The van der Waals surface area contributed by atoms with E-state index in [4.69, 9.17) is 0 Å². The fraction of sp³-hybridized carbons (Fsp3) is 0.611. The molecular formula is C18H27N3O2S. The molecule has 1 amide bonds. The van der Waals surface area contributed by atoms with Gasteiger partial charge in [0, 0.05) is 13.1 Å². The van der Waals surface area contributed by atoms with E-state index in [9.17, 15) is 9.59 Å². The summed E-state index contributed by atoms with van der Waals surface area (Å²) in [4.78, 5) is 32.0. The monoisotopic (exact) mass is 349 g/mol. The number of rotatable bonds is 8. The number of hydrogen-bond donors (Lipinski definition) is 0. The minimum absolute atomic E-state index is 0.00483. The molecule has 0 fully saturated rings. The van der Waals surface area contributed by atoms with E-state index < -0.39 is 0 Å². The zero-order valence-electron chi connectivity index (χ0n) is 15.0. The second-order valence-electron chi connectivity index (χ2n) is 7.06. The number of carbonyl (C=O) groups excluding carboxylic acids is 1. The first-order chi connectivity index (χ1) is 11.4. The Hall–Kier alpha value is -1.69. The van der Waals surface area contributed by atoms with Gasteiger partial charge in [-0.05, 0) is 36.1 Å². The van der Waals surface area contributed by atoms with Crippen molar-refractivity contribution in [2.45, 2.75) is 47.1 Å². The second kappa shape index (κ2) is 8.42. The SMILES string of the molecule is CC(C)CCN(CCC(C)C)C(=O)Cn1cnc2sccc2c1=O. The minimum Gasteiger partial charge on any atom is -0.341 e. The van der Waals surface area contributed by atoms with E-state index in [0.29, 0.717) is 17.2 Å². The molecule has 0 saturated heterocycles. The quantitative estimate of drug-likeness (QED) is 0.734. The van der Waals surface area contributed by atoms with E-state index in [2.05, 4.69) is 32.7 Å². The molecule has 0 aromatic carbocycles. The van der Waals surface area contributed by atoms with Crippen molar-refractivity contribution < 1.29 is 4.79 Å². The van der Waals surface area contributed by atoms with Crippen molar-refractivity contribution in [1.82, 2.24) is 14.5 Å². The molecule has 0 spiro atoms. The predicted molar refractivity (Wildman–Crippen MR) is 99.4 cm³/mol. The Kier molecular flexibility index (Phi) is 6.54. The Bertz CT molecular complexity index is 721. The van der Waals surface area contributed by atoms with Gasteiger partial charge in [0.2, 0.25) is 5.91 Å². The van der Waals surface area contributed by atoms with Crippen LogP contribution in [0.25, 0.3) is 10.2 Å². The van der Waals surface area contributed by atoms with E-state index in [1.807, 2.05) is 10.3 Å². The summed E-state index contributed by atoms with van der Waals surface area (Å²) in [6, 6.07) is 1.77. The fourth-order valence-corrected chi connectivity index (χ4v) is 3.16. The van der Waals surface area contributed by atoms with Gasteiger partial charge in [-0.2, -0.15) is 0 Å². The van der Waals surface area contributed by atoms with Crippen molar-refractivity contribution in [2.75, 3.05) is 13.1 Å². The van der Waals surface area contributed by atoms with Crippen LogP contribution < -0.4 is 5.56 Å². The van der Waals surface area contributed by atoms with Crippen LogP contribution in [0.15, 0.2) is 22.6 Å². The van der Waals surface area contributed by atoms with Crippen molar-refractivity contribution in [2.24, 2.45) is 11.8 Å². The fourth-order valence-electron chi connectivity index (χ4n) is 2.44. The molecule has 2 heterocycles. The largest absolute Gasteiger partial charge is 0.341 e. The van der Waals surface area contributed by atoms with Gasteiger partial charge in [-0.25, -0.2) is 4.98 Å². The molecule has 0 aliphatic rings. The summed E-state index contributed by atoms with van der Waals surface area (Å²) in [7, 11) is 0. The molecule has 0 aliphatic carbocycles. The van der Waals surface area contributed by atoms with Crippen LogP contribution in [0.4, 0.5) is 0 Å². The average Bonchev–Trinajstić information content (AvgIpc) is 2.98. The predicted octanol–water partition coefficient (Wildman–Crippen LogP) is 3.38. The summed E-state index contributed by atoms with van der Waals surface area (Å²) in [5.41, 5.74) is -0.137. The molecule has 2 aromatic rings. The Morgan fingerprint density at radius 3 is 2.42 bits per heavy atom. The minimum atomic E-state index is -0.137. The topological polar surface area (TPSA) is 55.2 Å². The molecule has 6 heteroatoms. The maximum Gasteiger partial charge on any atom is 0.262 e. The van der Waals surface area contributed by atoms with Crippen LogP contribution in [-0.2, 0) is 11.3 Å². The molecule has 0 bridgehead atoms. The Morgan fingerprint density at radius 2 is 1.83 bits per heavy atom. The van der Waals surface area contributed by atoms with Crippen LogP contribution in [0.1, 0.15) is 40.5 Å². The lowest BCUT2D eigenvalue weighted by atomic mass is 10.1. The molecule has 5 nitrogen and oxygen atoms in total. The van der Waals surface area contributed by atoms with Gasteiger partial charge in [0.1, 0.15) is 11.4 Å². The van der Waals surface area contributed by atoms with Crippen LogP contribution in [0.3, 0.4) is 0 Å². The first kappa shape index (κ1) is 18.6. The summed E-state index contributed by atoms with van der Waals surface area (Å²) in [6.07, 6.45) is 3.43. The van der Waals surface area contributed by atoms with Crippen molar-refractivity contribution in [1.29, 1.82) is 0 Å². The maximum absolute atomic E-state index is 12.7. The number of hydrogen-bond acceptors (Lipinski definition) is 4. The lowest BCUT2D eigenvalue weighted by Crippen LogP contribution is -2.38. The smallest absolute Gasteiger partial charge is 0.262 e. The van der Waals surface area contributed by atoms with Gasteiger partial charge in [0.15, 0.2) is 0 Å². The van der Waals surface area contributed by atoms with Crippen molar-refractivity contribution in [3.05, 3.63) is 28.1 Å². The maximum atomic E-state index is 12.7. The van der Waals surface area contributed by atoms with Crippen LogP contribution >= 0.6 is 11.3 Å². The molecule has 0 saturated carbocycles. The summed E-state index contributed by atoms with van der Waals surface area (Å²) in [5, 5.41) is 2.44. The first-order valence-corrected chi connectivity index (χ1v) is 9.47. The Morgan fingerprint density at radius 1 is 1.21 bits per heavy atom. The number of thiophene rings is 1. The lowest BCUT2D eigenvalue weighted by molar-refractivity contribution is -0.132. The summed E-state index contributed by atoms with van der Waals surface area (Å²) in [6.45, 7) is 10.2. The molecule has 0 unspecified atom stereocenters. The third kappa shape index (κ3) is 4.90. The first-order valence-electron chi connectivity index (χ1n) is 8.59. The molecule has 0 N–H and O–H groups in total. The molecule has 132 valence electrons. The summed E-state index contributed by atoms with van der Waals surface area (Å²) >= 11 is 1.44. The third-order valence-corrected chi connectivity index (χ3v) is 4.88. The molecule has 24 heavy (non-hydrogen) atoms. The molecule has 2 rings (SSSR count). The molecule has 2 aromatic heterocycles. The number of aromatic nitrogens is 2. The van der Waals surface area contributed by atoms with Gasteiger partial charge in [-0.3, -0.25) is 14.2 Å². The highest BCUT2D eigenvalue weighted by Gasteiger charge is 2.16. The number of fused-ring (bicyclic) bond motifs is 1. The molecule has 0 atom stereocenters. The number of carbonyl (C=O) groups is 1. The van der Waals surface area contributed by atoms with Gasteiger partial charge in [-0.1, -0.05) is 27.7 Å². The highest BCUT2D eigenvalue weighted by atomic mass is 32.1. The summed E-state index contributed by atoms with van der Waals surface area (Å²) < 4.78 is 1.43. The van der Waals surface area contributed by atoms with E-state index in [-0.39, 0.29) is 18.0 Å². The zero-order chi connectivity index (χ0) is 17.7. The van der Waals surface area contributed by atoms with E-state index in [0.717, 1.165) is 30.8 Å². The molecular weight excluding hydrogens is 322 g/mol.